The summed E-state index contributed by atoms with van der Waals surface area (Å²) in [6, 6.07) is 10.1. The van der Waals surface area contributed by atoms with Crippen LogP contribution >= 0.6 is 58.2 Å². The van der Waals surface area contributed by atoms with Crippen molar-refractivity contribution < 1.29 is 4.79 Å². The molecule has 1 heterocycles. The number of amides is 1. The quantitative estimate of drug-likeness (QED) is 0.279. The van der Waals surface area contributed by atoms with E-state index in [2.05, 4.69) is 29.4 Å². The van der Waals surface area contributed by atoms with Crippen LogP contribution in [-0.2, 0) is 12.3 Å². The Labute approximate surface area is 218 Å². The minimum Gasteiger partial charge on any atom is -0.342 e. The molecule has 1 N–H and O–H groups in total. The molecule has 0 aliphatic carbocycles. The maximum Gasteiger partial charge on any atom is 0.253 e. The predicted molar refractivity (Wildman–Crippen MR) is 138 cm³/mol. The molecular weight excluding hydrogens is 522 g/mol. The van der Waals surface area contributed by atoms with Crippen LogP contribution in [0.1, 0.15) is 55.0 Å². The number of hydrogen-bond acceptors (Lipinski definition) is 4. The van der Waals surface area contributed by atoms with E-state index in [0.717, 1.165) is 10.7 Å². The molecule has 0 bridgehead atoms. The van der Waals surface area contributed by atoms with Gasteiger partial charge in [0.05, 0.1) is 26.7 Å². The number of carbonyl (C=O) groups is 1. The fourth-order valence-electron chi connectivity index (χ4n) is 3.35. The first-order valence-corrected chi connectivity index (χ1v) is 12.9. The van der Waals surface area contributed by atoms with E-state index in [9.17, 15) is 4.79 Å². The molecule has 10 heteroatoms. The molecule has 1 aromatic heterocycles. The SMILES string of the molecule is CCn1c(SCc2ccc(Cl)c(Cl)c2)nnc1[C@@H](CC(C)C)NC(=O)c1ccc(Cl)cc1Cl. The van der Waals surface area contributed by atoms with E-state index >= 15 is 0 Å². The first-order chi connectivity index (χ1) is 15.7. The van der Waals surface area contributed by atoms with Gasteiger partial charge in [-0.3, -0.25) is 4.79 Å². The van der Waals surface area contributed by atoms with E-state index in [1.807, 2.05) is 23.6 Å². The Morgan fingerprint density at radius 2 is 1.79 bits per heavy atom. The molecule has 0 spiro atoms. The van der Waals surface area contributed by atoms with Crippen LogP contribution in [0.3, 0.4) is 0 Å². The molecule has 3 aromatic rings. The lowest BCUT2D eigenvalue weighted by atomic mass is 10.0. The predicted octanol–water partition coefficient (Wildman–Crippen LogP) is 7.72. The number of thioether (sulfide) groups is 1. The van der Waals surface area contributed by atoms with Crippen LogP contribution in [0.2, 0.25) is 20.1 Å². The highest BCUT2D eigenvalue weighted by Gasteiger charge is 2.25. The number of nitrogens with zero attached hydrogens (tertiary/aromatic N) is 3. The van der Waals surface area contributed by atoms with Crippen molar-refractivity contribution in [2.45, 2.75) is 50.7 Å². The fourth-order valence-corrected chi connectivity index (χ4v) is 5.12. The van der Waals surface area contributed by atoms with Gasteiger partial charge in [0.1, 0.15) is 0 Å². The van der Waals surface area contributed by atoms with Gasteiger partial charge in [-0.15, -0.1) is 10.2 Å². The van der Waals surface area contributed by atoms with Gasteiger partial charge in [0.25, 0.3) is 5.91 Å². The van der Waals surface area contributed by atoms with E-state index in [1.54, 1.807) is 36.0 Å². The van der Waals surface area contributed by atoms with Crippen molar-refractivity contribution in [3.8, 4) is 0 Å². The van der Waals surface area contributed by atoms with Crippen LogP contribution in [0.5, 0.6) is 0 Å². The average molecular weight is 546 g/mol. The molecule has 0 saturated heterocycles. The van der Waals surface area contributed by atoms with Crippen molar-refractivity contribution in [3.63, 3.8) is 0 Å². The molecule has 3 rings (SSSR count). The van der Waals surface area contributed by atoms with Gasteiger partial charge in [0.2, 0.25) is 0 Å². The Bertz CT molecular complexity index is 1140. The van der Waals surface area contributed by atoms with E-state index in [4.69, 9.17) is 46.4 Å². The summed E-state index contributed by atoms with van der Waals surface area (Å²) in [7, 11) is 0. The van der Waals surface area contributed by atoms with Crippen molar-refractivity contribution in [1.29, 1.82) is 0 Å². The molecule has 0 aliphatic heterocycles. The van der Waals surface area contributed by atoms with E-state index in [0.29, 0.717) is 56.1 Å². The molecule has 1 atom stereocenters. The highest BCUT2D eigenvalue weighted by molar-refractivity contribution is 7.98. The standard InChI is InChI=1S/C23H24Cl4N4OS/c1-4-31-21(29-30-23(31)33-12-14-5-8-17(25)19(27)10-14)20(9-13(2)3)28-22(32)16-7-6-15(24)11-18(16)26/h5-8,10-11,13,20H,4,9,12H2,1-3H3,(H,28,32)/t20-/m1/s1. The Morgan fingerprint density at radius 3 is 2.42 bits per heavy atom. The topological polar surface area (TPSA) is 59.8 Å². The average Bonchev–Trinajstić information content (AvgIpc) is 3.16. The zero-order valence-electron chi connectivity index (χ0n) is 18.4. The molecule has 0 fully saturated rings. The van der Waals surface area contributed by atoms with Gasteiger partial charge < -0.3 is 9.88 Å². The Kier molecular flexibility index (Phi) is 9.36. The summed E-state index contributed by atoms with van der Waals surface area (Å²) in [5, 5.41) is 14.5. The minimum absolute atomic E-state index is 0.280. The smallest absolute Gasteiger partial charge is 0.253 e. The molecule has 2 aromatic carbocycles. The molecule has 33 heavy (non-hydrogen) atoms. The first-order valence-electron chi connectivity index (χ1n) is 10.4. The van der Waals surface area contributed by atoms with Gasteiger partial charge in [-0.1, -0.05) is 78.1 Å². The Morgan fingerprint density at radius 1 is 1.03 bits per heavy atom. The highest BCUT2D eigenvalue weighted by atomic mass is 35.5. The lowest BCUT2D eigenvalue weighted by molar-refractivity contribution is 0.0929. The van der Waals surface area contributed by atoms with Crippen molar-refractivity contribution in [2.24, 2.45) is 5.92 Å². The first kappa shape index (κ1) is 26.2. The van der Waals surface area contributed by atoms with Crippen molar-refractivity contribution in [1.82, 2.24) is 20.1 Å². The molecule has 176 valence electrons. The summed E-state index contributed by atoms with van der Waals surface area (Å²) in [6.45, 7) is 6.89. The van der Waals surface area contributed by atoms with Crippen LogP contribution in [0, 0.1) is 5.92 Å². The highest BCUT2D eigenvalue weighted by Crippen LogP contribution is 2.30. The van der Waals surface area contributed by atoms with Crippen LogP contribution in [0.25, 0.3) is 0 Å². The normalized spacial score (nSPS) is 12.2. The number of halogens is 4. The van der Waals surface area contributed by atoms with E-state index in [-0.39, 0.29) is 11.9 Å². The summed E-state index contributed by atoms with van der Waals surface area (Å²) >= 11 is 25.9. The van der Waals surface area contributed by atoms with Gasteiger partial charge in [-0.05, 0) is 55.2 Å². The van der Waals surface area contributed by atoms with Crippen LogP contribution in [0.15, 0.2) is 41.6 Å². The Balaban J connectivity index is 1.82. The summed E-state index contributed by atoms with van der Waals surface area (Å²) < 4.78 is 2.03. The maximum atomic E-state index is 13.0. The third-order valence-electron chi connectivity index (χ3n) is 4.91. The van der Waals surface area contributed by atoms with Crippen LogP contribution in [0.4, 0.5) is 0 Å². The zero-order chi connectivity index (χ0) is 24.1. The lowest BCUT2D eigenvalue weighted by Gasteiger charge is -2.21. The van der Waals surface area contributed by atoms with Crippen LogP contribution < -0.4 is 5.32 Å². The van der Waals surface area contributed by atoms with Gasteiger partial charge in [-0.2, -0.15) is 0 Å². The molecule has 0 saturated carbocycles. The summed E-state index contributed by atoms with van der Waals surface area (Å²) in [6.07, 6.45) is 0.701. The number of nitrogens with one attached hydrogen (secondary N) is 1. The number of aromatic nitrogens is 3. The second-order valence-electron chi connectivity index (χ2n) is 7.90. The summed E-state index contributed by atoms with van der Waals surface area (Å²) in [5.41, 5.74) is 1.40. The summed E-state index contributed by atoms with van der Waals surface area (Å²) in [4.78, 5) is 13.0. The fraction of sp³-hybridized carbons (Fsp3) is 0.348. The molecular formula is C23H24Cl4N4OS. The van der Waals surface area contributed by atoms with Gasteiger partial charge in [0, 0.05) is 17.3 Å². The second kappa shape index (κ2) is 11.8. The third-order valence-corrected chi connectivity index (χ3v) is 7.24. The van der Waals surface area contributed by atoms with E-state index in [1.165, 1.54) is 0 Å². The van der Waals surface area contributed by atoms with Gasteiger partial charge >= 0.3 is 0 Å². The lowest BCUT2D eigenvalue weighted by Crippen LogP contribution is -2.31. The summed E-state index contributed by atoms with van der Waals surface area (Å²) in [5.74, 6) is 1.42. The van der Waals surface area contributed by atoms with Crippen molar-refractivity contribution in [3.05, 3.63) is 73.4 Å². The van der Waals surface area contributed by atoms with Crippen molar-refractivity contribution >= 4 is 64.1 Å². The number of benzene rings is 2. The zero-order valence-corrected chi connectivity index (χ0v) is 22.3. The number of carbonyl (C=O) groups excluding carboxylic acids is 1. The van der Waals surface area contributed by atoms with Gasteiger partial charge in [-0.25, -0.2) is 0 Å². The van der Waals surface area contributed by atoms with E-state index < -0.39 is 0 Å². The monoisotopic (exact) mass is 544 g/mol. The van der Waals surface area contributed by atoms with Crippen LogP contribution in [-0.4, -0.2) is 20.7 Å². The third kappa shape index (κ3) is 6.80. The Hall–Kier alpha value is -1.44. The van der Waals surface area contributed by atoms with Gasteiger partial charge in [0.15, 0.2) is 11.0 Å². The van der Waals surface area contributed by atoms with Crippen molar-refractivity contribution in [2.75, 3.05) is 0 Å². The number of hydrogen-bond donors (Lipinski definition) is 1. The minimum atomic E-state index is -0.323. The molecule has 1 amide bonds. The maximum absolute atomic E-state index is 13.0. The molecule has 0 unspecified atom stereocenters. The second-order valence-corrected chi connectivity index (χ2v) is 10.5. The molecule has 5 nitrogen and oxygen atoms in total. The largest absolute Gasteiger partial charge is 0.342 e. The number of rotatable bonds is 9. The molecule has 0 aliphatic rings. The molecule has 0 radical (unpaired) electrons.